The molecule has 0 saturated carbocycles. The van der Waals surface area contributed by atoms with E-state index in [2.05, 4.69) is 5.32 Å². The van der Waals surface area contributed by atoms with Crippen molar-refractivity contribution in [3.05, 3.63) is 64.2 Å². The summed E-state index contributed by atoms with van der Waals surface area (Å²) >= 11 is 6.11. The first-order valence-corrected chi connectivity index (χ1v) is 10.8. The minimum absolute atomic E-state index is 0.0821. The highest BCUT2D eigenvalue weighted by Crippen LogP contribution is 2.28. The number of benzene rings is 2. The van der Waals surface area contributed by atoms with Gasteiger partial charge in [-0.15, -0.1) is 0 Å². The van der Waals surface area contributed by atoms with E-state index in [9.17, 15) is 9.59 Å². The molecule has 0 radical (unpaired) electrons. The molecule has 0 aliphatic carbocycles. The molecule has 30 heavy (non-hydrogen) atoms. The van der Waals surface area contributed by atoms with Crippen LogP contribution in [0.25, 0.3) is 0 Å². The molecule has 1 atom stereocenters. The quantitative estimate of drug-likeness (QED) is 0.515. The highest BCUT2D eigenvalue weighted by atomic mass is 35.5. The molecule has 5 nitrogen and oxygen atoms in total. The van der Waals surface area contributed by atoms with Gasteiger partial charge in [0.15, 0.2) is 12.6 Å². The molecule has 0 aromatic heterocycles. The highest BCUT2D eigenvalue weighted by Gasteiger charge is 2.43. The number of quaternary nitrogens is 1. The van der Waals surface area contributed by atoms with Crippen molar-refractivity contribution in [2.45, 2.75) is 46.3 Å². The van der Waals surface area contributed by atoms with E-state index in [0.717, 1.165) is 48.3 Å². The normalized spacial score (nSPS) is 16.1. The minimum atomic E-state index is -0.355. The maximum Gasteiger partial charge on any atom is 0.362 e. The first-order chi connectivity index (χ1) is 14.3. The Hall–Kier alpha value is -2.37. The number of ether oxygens (including phenoxy) is 1. The third-order valence-electron chi connectivity index (χ3n) is 6.09. The zero-order valence-corrected chi connectivity index (χ0v) is 18.7. The van der Waals surface area contributed by atoms with Crippen molar-refractivity contribution in [1.82, 2.24) is 0 Å². The van der Waals surface area contributed by atoms with Crippen LogP contribution in [0.2, 0.25) is 5.02 Å². The van der Waals surface area contributed by atoms with E-state index in [1.165, 1.54) is 0 Å². The van der Waals surface area contributed by atoms with Crippen LogP contribution in [0.3, 0.4) is 0 Å². The highest BCUT2D eigenvalue weighted by molar-refractivity contribution is 6.30. The summed E-state index contributed by atoms with van der Waals surface area (Å²) in [6, 6.07) is 13.0. The SMILES string of the molecule is Cc1cc(Cl)cc(C)c1NC(=O)C(C)[N+]1(CC(=O)OCc2ccccc2)CCCC1. The smallest absolute Gasteiger partial charge is 0.362 e. The Kier molecular flexibility index (Phi) is 7.16. The molecule has 1 saturated heterocycles. The summed E-state index contributed by atoms with van der Waals surface area (Å²) in [7, 11) is 0. The summed E-state index contributed by atoms with van der Waals surface area (Å²) in [6.07, 6.45) is 2.01. The zero-order valence-electron chi connectivity index (χ0n) is 17.9. The summed E-state index contributed by atoms with van der Waals surface area (Å²) < 4.78 is 5.95. The van der Waals surface area contributed by atoms with E-state index in [4.69, 9.17) is 16.3 Å². The monoisotopic (exact) mass is 429 g/mol. The Morgan fingerprint density at radius 3 is 2.30 bits per heavy atom. The van der Waals surface area contributed by atoms with Crippen molar-refractivity contribution in [1.29, 1.82) is 0 Å². The molecule has 3 rings (SSSR count). The van der Waals surface area contributed by atoms with Gasteiger partial charge in [-0.3, -0.25) is 4.79 Å². The van der Waals surface area contributed by atoms with Gasteiger partial charge in [0, 0.05) is 23.6 Å². The number of aryl methyl sites for hydroxylation is 2. The van der Waals surface area contributed by atoms with E-state index >= 15 is 0 Å². The van der Waals surface area contributed by atoms with Crippen LogP contribution in [0, 0.1) is 13.8 Å². The second kappa shape index (κ2) is 9.63. The van der Waals surface area contributed by atoms with Crippen molar-refractivity contribution >= 4 is 29.2 Å². The molecular weight excluding hydrogens is 400 g/mol. The number of halogens is 1. The van der Waals surface area contributed by atoms with Gasteiger partial charge in [0.25, 0.3) is 5.91 Å². The van der Waals surface area contributed by atoms with Crippen LogP contribution in [0.4, 0.5) is 5.69 Å². The summed E-state index contributed by atoms with van der Waals surface area (Å²) in [5.74, 6) is -0.347. The van der Waals surface area contributed by atoms with Crippen molar-refractivity contribution < 1.29 is 18.8 Å². The van der Waals surface area contributed by atoms with Gasteiger partial charge in [0.2, 0.25) is 0 Å². The lowest BCUT2D eigenvalue weighted by molar-refractivity contribution is -0.922. The second-order valence-electron chi connectivity index (χ2n) is 8.26. The molecule has 6 heteroatoms. The molecule has 1 aliphatic heterocycles. The van der Waals surface area contributed by atoms with Crippen molar-refractivity contribution in [3.8, 4) is 0 Å². The van der Waals surface area contributed by atoms with Gasteiger partial charge in [-0.2, -0.15) is 0 Å². The standard InChI is InChI=1S/C24H29ClN2O3/c1-17-13-21(25)14-18(2)23(17)26-24(29)19(3)27(11-7-8-12-27)15-22(28)30-16-20-9-5-4-6-10-20/h4-6,9-10,13-14,19H,7-8,11-12,15-16H2,1-3H3/p+1. The molecule has 1 fully saturated rings. The number of carbonyl (C=O) groups is 2. The Bertz CT molecular complexity index is 885. The number of esters is 1. The van der Waals surface area contributed by atoms with Crippen LogP contribution in [-0.4, -0.2) is 42.0 Å². The number of nitrogens with one attached hydrogen (secondary N) is 1. The van der Waals surface area contributed by atoms with Gasteiger partial charge in [-0.05, 0) is 49.6 Å². The molecular formula is C24H30ClN2O3+. The number of anilines is 1. The average molecular weight is 430 g/mol. The van der Waals surface area contributed by atoms with Crippen LogP contribution < -0.4 is 5.32 Å². The third kappa shape index (κ3) is 5.21. The molecule has 1 amide bonds. The number of rotatable bonds is 7. The molecule has 1 N–H and O–H groups in total. The first-order valence-electron chi connectivity index (χ1n) is 10.4. The van der Waals surface area contributed by atoms with E-state index in [1.807, 2.05) is 63.2 Å². The van der Waals surface area contributed by atoms with Crippen molar-refractivity contribution in [2.24, 2.45) is 0 Å². The minimum Gasteiger partial charge on any atom is -0.457 e. The molecule has 0 bridgehead atoms. The fraction of sp³-hybridized carbons (Fsp3) is 0.417. The second-order valence-corrected chi connectivity index (χ2v) is 8.69. The molecule has 1 aliphatic rings. The lowest BCUT2D eigenvalue weighted by atomic mass is 10.1. The third-order valence-corrected chi connectivity index (χ3v) is 6.31. The summed E-state index contributed by atoms with van der Waals surface area (Å²) in [5, 5.41) is 3.73. The van der Waals surface area contributed by atoms with Crippen LogP contribution in [0.15, 0.2) is 42.5 Å². The number of carbonyl (C=O) groups excluding carboxylic acids is 2. The van der Waals surface area contributed by atoms with Crippen LogP contribution >= 0.6 is 11.6 Å². The lowest BCUT2D eigenvalue weighted by Gasteiger charge is -2.38. The van der Waals surface area contributed by atoms with E-state index in [0.29, 0.717) is 9.51 Å². The van der Waals surface area contributed by atoms with E-state index in [-0.39, 0.29) is 31.1 Å². The zero-order chi connectivity index (χ0) is 21.7. The number of amides is 1. The van der Waals surface area contributed by atoms with Gasteiger partial charge in [0.1, 0.15) is 6.61 Å². The van der Waals surface area contributed by atoms with Crippen LogP contribution in [0.5, 0.6) is 0 Å². The Balaban J connectivity index is 1.68. The van der Waals surface area contributed by atoms with Gasteiger partial charge in [0.05, 0.1) is 13.1 Å². The fourth-order valence-electron chi connectivity index (χ4n) is 4.27. The number of likely N-dealkylation sites (tertiary alicyclic amines) is 1. The maximum atomic E-state index is 13.1. The Morgan fingerprint density at radius 2 is 1.70 bits per heavy atom. The first kappa shape index (κ1) is 22.3. The topological polar surface area (TPSA) is 55.4 Å². The molecule has 160 valence electrons. The van der Waals surface area contributed by atoms with Gasteiger partial charge in [-0.1, -0.05) is 41.9 Å². The molecule has 2 aromatic carbocycles. The van der Waals surface area contributed by atoms with E-state index < -0.39 is 0 Å². The molecule has 0 spiro atoms. The Labute approximate surface area is 183 Å². The Morgan fingerprint density at radius 1 is 1.10 bits per heavy atom. The van der Waals surface area contributed by atoms with Crippen molar-refractivity contribution in [2.75, 3.05) is 25.0 Å². The molecule has 1 unspecified atom stereocenters. The number of hydrogen-bond acceptors (Lipinski definition) is 3. The number of hydrogen-bond donors (Lipinski definition) is 1. The molecule has 2 aromatic rings. The summed E-state index contributed by atoms with van der Waals surface area (Å²) in [5.41, 5.74) is 3.60. The summed E-state index contributed by atoms with van der Waals surface area (Å²) in [6.45, 7) is 7.83. The molecule has 1 heterocycles. The maximum absolute atomic E-state index is 13.1. The van der Waals surface area contributed by atoms with Crippen LogP contribution in [0.1, 0.15) is 36.5 Å². The van der Waals surface area contributed by atoms with Gasteiger partial charge >= 0.3 is 5.97 Å². The predicted molar refractivity (Wildman–Crippen MR) is 119 cm³/mol. The predicted octanol–water partition coefficient (Wildman–Crippen LogP) is 4.64. The number of nitrogens with zero attached hydrogens (tertiary/aromatic N) is 1. The summed E-state index contributed by atoms with van der Waals surface area (Å²) in [4.78, 5) is 25.8. The van der Waals surface area contributed by atoms with Gasteiger partial charge < -0.3 is 14.5 Å². The largest absolute Gasteiger partial charge is 0.457 e. The van der Waals surface area contributed by atoms with Gasteiger partial charge in [-0.25, -0.2) is 4.79 Å². The van der Waals surface area contributed by atoms with Crippen LogP contribution in [-0.2, 0) is 20.9 Å². The lowest BCUT2D eigenvalue weighted by Crippen LogP contribution is -2.59. The van der Waals surface area contributed by atoms with E-state index in [1.54, 1.807) is 0 Å². The average Bonchev–Trinajstić information content (AvgIpc) is 3.18. The van der Waals surface area contributed by atoms with Crippen molar-refractivity contribution in [3.63, 3.8) is 0 Å². The fourth-order valence-corrected chi connectivity index (χ4v) is 4.60.